The Morgan fingerprint density at radius 3 is 2.79 bits per heavy atom. The van der Waals surface area contributed by atoms with Crippen molar-refractivity contribution in [3.8, 4) is 11.6 Å². The lowest BCUT2D eigenvalue weighted by Gasteiger charge is -2.15. The molecule has 5 heteroatoms. The number of nitrogens with zero attached hydrogens (tertiary/aromatic N) is 2. The van der Waals surface area contributed by atoms with Gasteiger partial charge in [0.25, 0.3) is 0 Å². The van der Waals surface area contributed by atoms with E-state index < -0.39 is 0 Å². The number of ether oxygens (including phenoxy) is 2. The van der Waals surface area contributed by atoms with Crippen molar-refractivity contribution in [2.75, 3.05) is 20.2 Å². The van der Waals surface area contributed by atoms with Gasteiger partial charge in [0.2, 0.25) is 11.8 Å². The van der Waals surface area contributed by atoms with E-state index in [1.807, 2.05) is 48.5 Å². The van der Waals surface area contributed by atoms with Gasteiger partial charge in [0.15, 0.2) is 0 Å². The highest BCUT2D eigenvalue weighted by molar-refractivity contribution is 5.92. The zero-order valence-corrected chi connectivity index (χ0v) is 13.6. The smallest absolute Gasteiger partial charge is 0.246 e. The van der Waals surface area contributed by atoms with Crippen LogP contribution in [0, 0.1) is 0 Å². The van der Waals surface area contributed by atoms with E-state index in [9.17, 15) is 4.79 Å². The summed E-state index contributed by atoms with van der Waals surface area (Å²) in [7, 11) is 1.63. The normalized spacial score (nSPS) is 17.2. The van der Waals surface area contributed by atoms with Crippen molar-refractivity contribution in [3.63, 3.8) is 0 Å². The number of carbonyl (C=O) groups is 1. The van der Waals surface area contributed by atoms with Crippen molar-refractivity contribution in [3.05, 3.63) is 60.3 Å². The summed E-state index contributed by atoms with van der Waals surface area (Å²) in [5.74, 6) is 1.40. The Bertz CT molecular complexity index is 698. The van der Waals surface area contributed by atoms with Gasteiger partial charge >= 0.3 is 0 Å². The number of benzene rings is 1. The predicted molar refractivity (Wildman–Crippen MR) is 91.9 cm³/mol. The van der Waals surface area contributed by atoms with Gasteiger partial charge in [-0.1, -0.05) is 18.2 Å². The second-order valence-corrected chi connectivity index (χ2v) is 5.59. The Kier molecular flexibility index (Phi) is 5.11. The van der Waals surface area contributed by atoms with Gasteiger partial charge in [-0.15, -0.1) is 0 Å². The van der Waals surface area contributed by atoms with E-state index in [1.165, 1.54) is 0 Å². The highest BCUT2D eigenvalue weighted by atomic mass is 16.5. The van der Waals surface area contributed by atoms with Crippen LogP contribution in [-0.2, 0) is 4.79 Å². The second-order valence-electron chi connectivity index (χ2n) is 5.59. The van der Waals surface area contributed by atoms with Gasteiger partial charge in [-0.3, -0.25) is 4.79 Å². The van der Waals surface area contributed by atoms with Gasteiger partial charge in [-0.25, -0.2) is 4.98 Å². The summed E-state index contributed by atoms with van der Waals surface area (Å²) in [5.41, 5.74) is 0.963. The van der Waals surface area contributed by atoms with Crippen LogP contribution in [0.15, 0.2) is 54.7 Å². The predicted octanol–water partition coefficient (Wildman–Crippen LogP) is 2.78. The van der Waals surface area contributed by atoms with Crippen molar-refractivity contribution in [2.24, 2.45) is 0 Å². The topological polar surface area (TPSA) is 51.7 Å². The van der Waals surface area contributed by atoms with Crippen LogP contribution in [0.1, 0.15) is 12.0 Å². The summed E-state index contributed by atoms with van der Waals surface area (Å²) in [5, 5.41) is 0. The summed E-state index contributed by atoms with van der Waals surface area (Å²) in [6.45, 7) is 1.28. The minimum absolute atomic E-state index is 0.00163. The monoisotopic (exact) mass is 324 g/mol. The van der Waals surface area contributed by atoms with Crippen molar-refractivity contribution >= 4 is 12.0 Å². The Hall–Kier alpha value is -2.82. The largest absolute Gasteiger partial charge is 0.497 e. The Morgan fingerprint density at radius 1 is 1.25 bits per heavy atom. The third-order valence-electron chi connectivity index (χ3n) is 3.92. The second kappa shape index (κ2) is 7.64. The number of amides is 1. The molecule has 2 aromatic rings. The van der Waals surface area contributed by atoms with Crippen LogP contribution in [0.5, 0.6) is 11.6 Å². The van der Waals surface area contributed by atoms with Crippen LogP contribution >= 0.6 is 0 Å². The maximum absolute atomic E-state index is 12.3. The van der Waals surface area contributed by atoms with Crippen LogP contribution in [0.2, 0.25) is 0 Å². The molecule has 1 aliphatic heterocycles. The van der Waals surface area contributed by atoms with Crippen LogP contribution in [0.3, 0.4) is 0 Å². The minimum atomic E-state index is -0.00191. The number of methoxy groups -OCH3 is 1. The van der Waals surface area contributed by atoms with E-state index in [2.05, 4.69) is 4.98 Å². The molecule has 0 radical (unpaired) electrons. The molecule has 0 aliphatic carbocycles. The highest BCUT2D eigenvalue weighted by Gasteiger charge is 2.26. The van der Waals surface area contributed by atoms with Gasteiger partial charge in [0.1, 0.15) is 11.9 Å². The molecule has 1 atom stereocenters. The van der Waals surface area contributed by atoms with Crippen molar-refractivity contribution in [2.45, 2.75) is 12.5 Å². The fourth-order valence-electron chi connectivity index (χ4n) is 2.60. The van der Waals surface area contributed by atoms with Crippen LogP contribution in [0.4, 0.5) is 0 Å². The molecule has 24 heavy (non-hydrogen) atoms. The molecule has 1 aliphatic rings. The molecular formula is C19H20N2O3. The lowest BCUT2D eigenvalue weighted by Crippen LogP contribution is -2.29. The fraction of sp³-hybridized carbons (Fsp3) is 0.263. The molecule has 0 bridgehead atoms. The Balaban J connectivity index is 1.53. The summed E-state index contributed by atoms with van der Waals surface area (Å²) in [6.07, 6.45) is 5.93. The molecule has 0 N–H and O–H groups in total. The molecule has 3 rings (SSSR count). The molecule has 1 saturated heterocycles. The Labute approximate surface area is 141 Å². The summed E-state index contributed by atoms with van der Waals surface area (Å²) in [4.78, 5) is 18.2. The average Bonchev–Trinajstić information content (AvgIpc) is 3.09. The number of aromatic nitrogens is 1. The van der Waals surface area contributed by atoms with E-state index >= 15 is 0 Å². The van der Waals surface area contributed by atoms with E-state index in [-0.39, 0.29) is 12.0 Å². The first kappa shape index (κ1) is 16.1. The number of hydrogen-bond acceptors (Lipinski definition) is 4. The summed E-state index contributed by atoms with van der Waals surface area (Å²) < 4.78 is 10.9. The fourth-order valence-corrected chi connectivity index (χ4v) is 2.60. The van der Waals surface area contributed by atoms with Gasteiger partial charge in [-0.05, 0) is 29.8 Å². The minimum Gasteiger partial charge on any atom is -0.497 e. The quantitative estimate of drug-likeness (QED) is 0.794. The highest BCUT2D eigenvalue weighted by Crippen LogP contribution is 2.17. The molecule has 5 nitrogen and oxygen atoms in total. The third-order valence-corrected chi connectivity index (χ3v) is 3.92. The first-order chi connectivity index (χ1) is 11.7. The maximum atomic E-state index is 12.3. The lowest BCUT2D eigenvalue weighted by molar-refractivity contribution is -0.125. The van der Waals surface area contributed by atoms with Crippen LogP contribution in [0.25, 0.3) is 6.08 Å². The van der Waals surface area contributed by atoms with Gasteiger partial charge in [0.05, 0.1) is 13.7 Å². The van der Waals surface area contributed by atoms with E-state index in [1.54, 1.807) is 24.3 Å². The van der Waals surface area contributed by atoms with Crippen LogP contribution in [-0.4, -0.2) is 42.1 Å². The van der Waals surface area contributed by atoms with Gasteiger partial charge in [0, 0.05) is 31.3 Å². The SMILES string of the molecule is COc1ccc(/C=C/C(=O)N2CC[C@@H](Oc3ccccn3)C2)cc1. The molecule has 0 spiro atoms. The molecule has 2 heterocycles. The average molecular weight is 324 g/mol. The number of hydrogen-bond donors (Lipinski definition) is 0. The van der Waals surface area contributed by atoms with Gasteiger partial charge < -0.3 is 14.4 Å². The molecule has 0 unspecified atom stereocenters. The Morgan fingerprint density at radius 2 is 2.08 bits per heavy atom. The van der Waals surface area contributed by atoms with Gasteiger partial charge in [-0.2, -0.15) is 0 Å². The first-order valence-corrected chi connectivity index (χ1v) is 7.93. The molecule has 1 aromatic heterocycles. The number of likely N-dealkylation sites (tertiary alicyclic amines) is 1. The molecule has 1 amide bonds. The van der Waals surface area contributed by atoms with E-state index in [0.29, 0.717) is 19.0 Å². The summed E-state index contributed by atoms with van der Waals surface area (Å²) in [6, 6.07) is 13.1. The molecule has 0 saturated carbocycles. The number of carbonyl (C=O) groups excluding carboxylic acids is 1. The summed E-state index contributed by atoms with van der Waals surface area (Å²) >= 11 is 0. The van der Waals surface area contributed by atoms with Crippen molar-refractivity contribution < 1.29 is 14.3 Å². The third kappa shape index (κ3) is 4.13. The zero-order valence-electron chi connectivity index (χ0n) is 13.6. The first-order valence-electron chi connectivity index (χ1n) is 7.93. The molecular weight excluding hydrogens is 304 g/mol. The van der Waals surface area contributed by atoms with E-state index in [4.69, 9.17) is 9.47 Å². The van der Waals surface area contributed by atoms with Crippen LogP contribution < -0.4 is 9.47 Å². The molecule has 124 valence electrons. The van der Waals surface area contributed by atoms with Crippen molar-refractivity contribution in [1.82, 2.24) is 9.88 Å². The molecule has 1 aromatic carbocycles. The van der Waals surface area contributed by atoms with E-state index in [0.717, 1.165) is 17.7 Å². The zero-order chi connectivity index (χ0) is 16.8. The number of pyridine rings is 1. The molecule has 1 fully saturated rings. The maximum Gasteiger partial charge on any atom is 0.246 e. The standard InChI is InChI=1S/C19H20N2O3/c1-23-16-8-5-15(6-9-16)7-10-19(22)21-13-11-17(14-21)24-18-4-2-3-12-20-18/h2-10,12,17H,11,13-14H2,1H3/b10-7+/t17-/m1/s1. The van der Waals surface area contributed by atoms with Crippen molar-refractivity contribution in [1.29, 1.82) is 0 Å². The lowest BCUT2D eigenvalue weighted by atomic mass is 10.2. The number of rotatable bonds is 5.